The number of furan rings is 1. The molecule has 1 aromatic heterocycles. The highest BCUT2D eigenvalue weighted by atomic mass is 32.2. The van der Waals surface area contributed by atoms with Crippen LogP contribution in [0.5, 0.6) is 0 Å². The molecule has 1 aromatic rings. The van der Waals surface area contributed by atoms with Crippen molar-refractivity contribution in [1.82, 2.24) is 13.9 Å². The lowest BCUT2D eigenvalue weighted by atomic mass is 10.1. The van der Waals surface area contributed by atoms with Gasteiger partial charge in [-0.3, -0.25) is 4.79 Å². The minimum atomic E-state index is -3.59. The summed E-state index contributed by atoms with van der Waals surface area (Å²) in [7, 11) is -1.89. The number of rotatable bonds is 4. The van der Waals surface area contributed by atoms with E-state index in [1.54, 1.807) is 24.3 Å². The molecule has 0 aromatic carbocycles. The number of hydrogen-bond acceptors (Lipinski definition) is 4. The number of carbonyl (C=O) groups is 1. The lowest BCUT2D eigenvalue weighted by Crippen LogP contribution is -2.52. The first-order valence-electron chi connectivity index (χ1n) is 7.54. The molecule has 122 valence electrons. The van der Waals surface area contributed by atoms with Crippen LogP contribution >= 0.6 is 0 Å². The second kappa shape index (κ2) is 6.02. The highest BCUT2D eigenvalue weighted by molar-refractivity contribution is 7.87. The van der Waals surface area contributed by atoms with Gasteiger partial charge >= 0.3 is 0 Å². The molecule has 2 saturated heterocycles. The number of nitrogens with zero attached hydrogens (tertiary/aromatic N) is 2. The third-order valence-corrected chi connectivity index (χ3v) is 6.01. The second-order valence-electron chi connectivity index (χ2n) is 5.92. The number of amides is 1. The van der Waals surface area contributed by atoms with Crippen molar-refractivity contribution in [2.45, 2.75) is 37.8 Å². The Morgan fingerprint density at radius 1 is 1.36 bits per heavy atom. The molecule has 22 heavy (non-hydrogen) atoms. The summed E-state index contributed by atoms with van der Waals surface area (Å²) in [4.78, 5) is 13.1. The summed E-state index contributed by atoms with van der Waals surface area (Å²) in [6.45, 7) is 0.902. The summed E-state index contributed by atoms with van der Waals surface area (Å²) in [5.41, 5.74) is 0. The first kappa shape index (κ1) is 15.5. The van der Waals surface area contributed by atoms with E-state index in [-0.39, 0.29) is 18.0 Å². The zero-order valence-electron chi connectivity index (χ0n) is 12.6. The van der Waals surface area contributed by atoms with E-state index < -0.39 is 10.2 Å². The first-order chi connectivity index (χ1) is 10.5. The average Bonchev–Trinajstić information content (AvgIpc) is 3.12. The Bertz CT molecular complexity index is 629. The monoisotopic (exact) mass is 327 g/mol. The molecule has 0 spiro atoms. The summed E-state index contributed by atoms with van der Waals surface area (Å²) in [6.07, 6.45) is 4.06. The van der Waals surface area contributed by atoms with Gasteiger partial charge in [-0.1, -0.05) is 0 Å². The van der Waals surface area contributed by atoms with Crippen molar-refractivity contribution in [2.24, 2.45) is 0 Å². The lowest BCUT2D eigenvalue weighted by molar-refractivity contribution is -0.132. The van der Waals surface area contributed by atoms with E-state index in [0.29, 0.717) is 31.7 Å². The van der Waals surface area contributed by atoms with E-state index in [1.165, 1.54) is 4.31 Å². The summed E-state index contributed by atoms with van der Waals surface area (Å²) in [6, 6.07) is 3.11. The van der Waals surface area contributed by atoms with Crippen LogP contribution < -0.4 is 4.72 Å². The minimum absolute atomic E-state index is 0.0603. The Morgan fingerprint density at radius 2 is 2.18 bits per heavy atom. The van der Waals surface area contributed by atoms with Crippen LogP contribution in [0, 0.1) is 0 Å². The molecule has 7 nitrogen and oxygen atoms in total. The Kier molecular flexibility index (Phi) is 4.24. The topological polar surface area (TPSA) is 82.9 Å². The van der Waals surface area contributed by atoms with Crippen LogP contribution in [0.1, 0.15) is 37.5 Å². The summed E-state index contributed by atoms with van der Waals surface area (Å²) >= 11 is 0. The molecule has 0 aliphatic carbocycles. The molecule has 1 amide bonds. The zero-order valence-corrected chi connectivity index (χ0v) is 13.4. The molecular weight excluding hydrogens is 306 g/mol. The van der Waals surface area contributed by atoms with Gasteiger partial charge in [0.05, 0.1) is 12.3 Å². The standard InChI is InChI=1S/C14H21N3O4S/c1-16-10-11(6-7-14(16)18)15-22(19,20)17-8-2-4-12(17)13-5-3-9-21-13/h3,5,9,11-12,15H,2,4,6-8,10H2,1H3. The molecule has 8 heteroatoms. The van der Waals surface area contributed by atoms with Crippen molar-refractivity contribution >= 4 is 16.1 Å². The normalized spacial score (nSPS) is 27.5. The molecule has 3 heterocycles. The molecule has 0 radical (unpaired) electrons. The zero-order chi connectivity index (χ0) is 15.7. The van der Waals surface area contributed by atoms with Gasteiger partial charge < -0.3 is 9.32 Å². The van der Waals surface area contributed by atoms with Crippen molar-refractivity contribution in [1.29, 1.82) is 0 Å². The van der Waals surface area contributed by atoms with E-state index in [4.69, 9.17) is 4.42 Å². The summed E-state index contributed by atoms with van der Waals surface area (Å²) < 4.78 is 34.9. The number of likely N-dealkylation sites (N-methyl/N-ethyl adjacent to an activating group) is 1. The highest BCUT2D eigenvalue weighted by Crippen LogP contribution is 2.34. The Labute approximate surface area is 130 Å². The molecule has 1 N–H and O–H groups in total. The van der Waals surface area contributed by atoms with Crippen LogP contribution in [0.2, 0.25) is 0 Å². The number of piperidine rings is 1. The molecule has 0 bridgehead atoms. The van der Waals surface area contributed by atoms with E-state index in [1.807, 2.05) is 6.07 Å². The van der Waals surface area contributed by atoms with Crippen LogP contribution in [-0.4, -0.2) is 49.7 Å². The van der Waals surface area contributed by atoms with Gasteiger partial charge in [0.15, 0.2) is 0 Å². The van der Waals surface area contributed by atoms with Gasteiger partial charge in [0.25, 0.3) is 10.2 Å². The average molecular weight is 327 g/mol. The van der Waals surface area contributed by atoms with E-state index in [9.17, 15) is 13.2 Å². The number of carbonyl (C=O) groups excluding carboxylic acids is 1. The number of nitrogens with one attached hydrogen (secondary N) is 1. The highest BCUT2D eigenvalue weighted by Gasteiger charge is 2.38. The maximum atomic E-state index is 12.7. The Morgan fingerprint density at radius 3 is 2.86 bits per heavy atom. The van der Waals surface area contributed by atoms with Crippen LogP contribution in [0.4, 0.5) is 0 Å². The van der Waals surface area contributed by atoms with Crippen molar-refractivity contribution in [3.05, 3.63) is 24.2 Å². The molecule has 2 atom stereocenters. The minimum Gasteiger partial charge on any atom is -0.468 e. The van der Waals surface area contributed by atoms with Gasteiger partial charge in [-0.15, -0.1) is 0 Å². The van der Waals surface area contributed by atoms with Crippen molar-refractivity contribution in [3.63, 3.8) is 0 Å². The third kappa shape index (κ3) is 3.04. The molecule has 2 fully saturated rings. The fourth-order valence-electron chi connectivity index (χ4n) is 3.18. The maximum Gasteiger partial charge on any atom is 0.280 e. The lowest BCUT2D eigenvalue weighted by Gasteiger charge is -2.32. The van der Waals surface area contributed by atoms with Gasteiger partial charge in [0, 0.05) is 32.6 Å². The van der Waals surface area contributed by atoms with Gasteiger partial charge in [0.1, 0.15) is 5.76 Å². The third-order valence-electron chi connectivity index (χ3n) is 4.33. The van der Waals surface area contributed by atoms with Crippen LogP contribution in [0.15, 0.2) is 22.8 Å². The van der Waals surface area contributed by atoms with Gasteiger partial charge in [-0.05, 0) is 31.4 Å². The van der Waals surface area contributed by atoms with Crippen LogP contribution in [0.3, 0.4) is 0 Å². The quantitative estimate of drug-likeness (QED) is 0.889. The van der Waals surface area contributed by atoms with Gasteiger partial charge in [-0.2, -0.15) is 17.4 Å². The van der Waals surface area contributed by atoms with E-state index in [0.717, 1.165) is 12.8 Å². The Hall–Kier alpha value is -1.38. The molecule has 2 aliphatic rings. The van der Waals surface area contributed by atoms with Crippen molar-refractivity contribution in [2.75, 3.05) is 20.1 Å². The summed E-state index contributed by atoms with van der Waals surface area (Å²) in [5.74, 6) is 0.740. The summed E-state index contributed by atoms with van der Waals surface area (Å²) in [5, 5.41) is 0. The molecule has 0 saturated carbocycles. The molecule has 3 rings (SSSR count). The largest absolute Gasteiger partial charge is 0.468 e. The molecular formula is C14H21N3O4S. The second-order valence-corrected chi connectivity index (χ2v) is 7.57. The smallest absolute Gasteiger partial charge is 0.280 e. The SMILES string of the molecule is CN1CC(NS(=O)(=O)N2CCCC2c2ccco2)CCC1=O. The molecule has 2 aliphatic heterocycles. The van der Waals surface area contributed by atoms with Crippen molar-refractivity contribution < 1.29 is 17.6 Å². The predicted molar refractivity (Wildman–Crippen MR) is 80.1 cm³/mol. The predicted octanol–water partition coefficient (Wildman–Crippen LogP) is 0.872. The number of likely N-dealkylation sites (tertiary alicyclic amines) is 1. The van der Waals surface area contributed by atoms with E-state index >= 15 is 0 Å². The van der Waals surface area contributed by atoms with Crippen molar-refractivity contribution in [3.8, 4) is 0 Å². The van der Waals surface area contributed by atoms with Crippen LogP contribution in [-0.2, 0) is 15.0 Å². The van der Waals surface area contributed by atoms with Crippen LogP contribution in [0.25, 0.3) is 0 Å². The van der Waals surface area contributed by atoms with E-state index in [2.05, 4.69) is 4.72 Å². The molecule has 2 unspecified atom stereocenters. The maximum absolute atomic E-state index is 12.7. The first-order valence-corrected chi connectivity index (χ1v) is 8.98. The Balaban J connectivity index is 1.71. The van der Waals surface area contributed by atoms with Gasteiger partial charge in [0.2, 0.25) is 5.91 Å². The fourth-order valence-corrected chi connectivity index (χ4v) is 4.84. The van der Waals surface area contributed by atoms with Gasteiger partial charge in [-0.25, -0.2) is 0 Å². The fraction of sp³-hybridized carbons (Fsp3) is 0.643. The number of hydrogen-bond donors (Lipinski definition) is 1.